The molecule has 1 aromatic carbocycles. The van der Waals surface area contributed by atoms with Crippen molar-refractivity contribution in [2.45, 2.75) is 32.4 Å². The van der Waals surface area contributed by atoms with Crippen LogP contribution in [0.4, 0.5) is 4.39 Å². The second-order valence-electron chi connectivity index (χ2n) is 4.45. The predicted octanol–water partition coefficient (Wildman–Crippen LogP) is 2.92. The van der Waals surface area contributed by atoms with E-state index in [1.54, 1.807) is 23.0 Å². The zero-order valence-electron chi connectivity index (χ0n) is 10.7. The van der Waals surface area contributed by atoms with E-state index in [0.29, 0.717) is 12.1 Å². The van der Waals surface area contributed by atoms with Crippen LogP contribution in [0.5, 0.6) is 0 Å². The van der Waals surface area contributed by atoms with Gasteiger partial charge in [-0.05, 0) is 18.1 Å². The molecule has 1 aromatic heterocycles. The number of halogens is 2. The molecule has 2 rings (SSSR count). The highest BCUT2D eigenvalue weighted by atomic mass is 35.5. The number of hydrogen-bond acceptors (Lipinski definition) is 3. The molecule has 0 amide bonds. The molecule has 0 aliphatic heterocycles. The first kappa shape index (κ1) is 14.0. The lowest BCUT2D eigenvalue weighted by Crippen LogP contribution is -2.10. The quantitative estimate of drug-likeness (QED) is 0.917. The molecule has 102 valence electrons. The summed E-state index contributed by atoms with van der Waals surface area (Å²) in [7, 11) is 0. The second kappa shape index (κ2) is 6.12. The molecular weight excluding hydrogens is 267 g/mol. The molecule has 1 unspecified atom stereocenters. The van der Waals surface area contributed by atoms with Crippen molar-refractivity contribution in [1.82, 2.24) is 15.0 Å². The molecule has 1 heterocycles. The van der Waals surface area contributed by atoms with Crippen molar-refractivity contribution in [3.63, 3.8) is 0 Å². The summed E-state index contributed by atoms with van der Waals surface area (Å²) in [5.74, 6) is -0.429. The van der Waals surface area contributed by atoms with Crippen LogP contribution in [0, 0.1) is 5.82 Å². The molecular formula is C13H16ClFN4. The highest BCUT2D eigenvalue weighted by Gasteiger charge is 2.11. The van der Waals surface area contributed by atoms with Crippen molar-refractivity contribution in [3.8, 4) is 0 Å². The van der Waals surface area contributed by atoms with Crippen LogP contribution in [0.15, 0.2) is 24.4 Å². The largest absolute Gasteiger partial charge is 0.323 e. The van der Waals surface area contributed by atoms with Crippen LogP contribution >= 0.6 is 11.6 Å². The number of benzene rings is 1. The monoisotopic (exact) mass is 282 g/mol. The first-order valence-corrected chi connectivity index (χ1v) is 6.58. The summed E-state index contributed by atoms with van der Waals surface area (Å²) in [5.41, 5.74) is 7.38. The summed E-state index contributed by atoms with van der Waals surface area (Å²) in [6.45, 7) is 2.44. The Morgan fingerprint density at radius 2 is 2.26 bits per heavy atom. The molecule has 0 spiro atoms. The predicted molar refractivity (Wildman–Crippen MR) is 72.4 cm³/mol. The lowest BCUT2D eigenvalue weighted by atomic mass is 10.1. The second-order valence-corrected chi connectivity index (χ2v) is 4.83. The Balaban J connectivity index is 2.14. The number of rotatable bonds is 5. The molecule has 19 heavy (non-hydrogen) atoms. The maximum absolute atomic E-state index is 13.3. The van der Waals surface area contributed by atoms with Crippen LogP contribution in [0.1, 0.15) is 37.1 Å². The standard InChI is InChI=1S/C13H16ClFN4/c1-2-4-11(16)12-8-19(18-17-12)7-9-5-3-6-10(15)13(9)14/h3,5-6,8,11H,2,4,7,16H2,1H3. The van der Waals surface area contributed by atoms with E-state index in [1.165, 1.54) is 6.07 Å². The molecule has 0 aliphatic rings. The summed E-state index contributed by atoms with van der Waals surface area (Å²) >= 11 is 5.90. The first-order valence-electron chi connectivity index (χ1n) is 6.20. The van der Waals surface area contributed by atoms with E-state index in [9.17, 15) is 4.39 Å². The van der Waals surface area contributed by atoms with Gasteiger partial charge in [-0.3, -0.25) is 0 Å². The number of aromatic nitrogens is 3. The van der Waals surface area contributed by atoms with Crippen molar-refractivity contribution >= 4 is 11.6 Å². The minimum atomic E-state index is -0.429. The third-order valence-electron chi connectivity index (χ3n) is 2.90. The van der Waals surface area contributed by atoms with Crippen molar-refractivity contribution in [1.29, 1.82) is 0 Å². The maximum atomic E-state index is 13.3. The van der Waals surface area contributed by atoms with Crippen LogP contribution in [0.3, 0.4) is 0 Å². The zero-order valence-corrected chi connectivity index (χ0v) is 11.4. The van der Waals surface area contributed by atoms with Crippen LogP contribution in [-0.4, -0.2) is 15.0 Å². The molecule has 0 radical (unpaired) electrons. The summed E-state index contributed by atoms with van der Waals surface area (Å²) < 4.78 is 14.9. The van der Waals surface area contributed by atoms with Gasteiger partial charge >= 0.3 is 0 Å². The first-order chi connectivity index (χ1) is 9.11. The van der Waals surface area contributed by atoms with Crippen LogP contribution in [0.25, 0.3) is 0 Å². The minimum Gasteiger partial charge on any atom is -0.323 e. The number of hydrogen-bond donors (Lipinski definition) is 1. The van der Waals surface area contributed by atoms with E-state index in [4.69, 9.17) is 17.3 Å². The molecule has 1 atom stereocenters. The average molecular weight is 283 g/mol. The summed E-state index contributed by atoms with van der Waals surface area (Å²) in [5, 5.41) is 8.15. The van der Waals surface area contributed by atoms with Gasteiger partial charge in [0.2, 0.25) is 0 Å². The third kappa shape index (κ3) is 3.30. The van der Waals surface area contributed by atoms with Crippen molar-refractivity contribution in [2.75, 3.05) is 0 Å². The van der Waals surface area contributed by atoms with Crippen LogP contribution in [-0.2, 0) is 6.54 Å². The van der Waals surface area contributed by atoms with Crippen molar-refractivity contribution < 1.29 is 4.39 Å². The van der Waals surface area contributed by atoms with E-state index in [1.807, 2.05) is 0 Å². The lowest BCUT2D eigenvalue weighted by molar-refractivity contribution is 0.612. The van der Waals surface area contributed by atoms with Crippen molar-refractivity contribution in [3.05, 3.63) is 46.5 Å². The average Bonchev–Trinajstić information content (AvgIpc) is 2.84. The molecule has 2 N–H and O–H groups in total. The third-order valence-corrected chi connectivity index (χ3v) is 3.32. The van der Waals surface area contributed by atoms with E-state index in [0.717, 1.165) is 18.5 Å². The molecule has 0 bridgehead atoms. The Hall–Kier alpha value is -1.46. The summed E-state index contributed by atoms with van der Waals surface area (Å²) in [6.07, 6.45) is 3.63. The Labute approximate surface area is 116 Å². The van der Waals surface area contributed by atoms with Gasteiger partial charge in [0.25, 0.3) is 0 Å². The Morgan fingerprint density at radius 1 is 1.47 bits per heavy atom. The fourth-order valence-corrected chi connectivity index (χ4v) is 2.05. The van der Waals surface area contributed by atoms with Gasteiger partial charge in [0, 0.05) is 0 Å². The molecule has 6 heteroatoms. The van der Waals surface area contributed by atoms with Gasteiger partial charge in [-0.1, -0.05) is 42.3 Å². The van der Waals surface area contributed by atoms with Gasteiger partial charge in [0.1, 0.15) is 5.82 Å². The molecule has 0 saturated carbocycles. The zero-order chi connectivity index (χ0) is 13.8. The fraction of sp³-hybridized carbons (Fsp3) is 0.385. The molecule has 0 aliphatic carbocycles. The van der Waals surface area contributed by atoms with E-state index in [-0.39, 0.29) is 11.1 Å². The number of nitrogens with two attached hydrogens (primary N) is 1. The van der Waals surface area contributed by atoms with Gasteiger partial charge in [-0.15, -0.1) is 5.10 Å². The Kier molecular flexibility index (Phi) is 4.50. The molecule has 4 nitrogen and oxygen atoms in total. The smallest absolute Gasteiger partial charge is 0.142 e. The topological polar surface area (TPSA) is 56.7 Å². The van der Waals surface area contributed by atoms with E-state index in [2.05, 4.69) is 17.2 Å². The van der Waals surface area contributed by atoms with Crippen molar-refractivity contribution in [2.24, 2.45) is 5.73 Å². The van der Waals surface area contributed by atoms with Gasteiger partial charge in [0.05, 0.1) is 29.5 Å². The Bertz CT molecular complexity index is 555. The fourth-order valence-electron chi connectivity index (χ4n) is 1.86. The van der Waals surface area contributed by atoms with Gasteiger partial charge in [-0.2, -0.15) is 0 Å². The van der Waals surface area contributed by atoms with Gasteiger partial charge < -0.3 is 5.73 Å². The van der Waals surface area contributed by atoms with E-state index >= 15 is 0 Å². The summed E-state index contributed by atoms with van der Waals surface area (Å²) in [4.78, 5) is 0. The Morgan fingerprint density at radius 3 is 3.00 bits per heavy atom. The summed E-state index contributed by atoms with van der Waals surface area (Å²) in [6, 6.07) is 4.60. The molecule has 0 saturated heterocycles. The molecule has 0 fully saturated rings. The highest BCUT2D eigenvalue weighted by Crippen LogP contribution is 2.20. The van der Waals surface area contributed by atoms with Crippen LogP contribution < -0.4 is 5.73 Å². The molecule has 2 aromatic rings. The highest BCUT2D eigenvalue weighted by molar-refractivity contribution is 6.31. The lowest BCUT2D eigenvalue weighted by Gasteiger charge is -2.05. The van der Waals surface area contributed by atoms with Gasteiger partial charge in [-0.25, -0.2) is 9.07 Å². The van der Waals surface area contributed by atoms with Gasteiger partial charge in [0.15, 0.2) is 0 Å². The van der Waals surface area contributed by atoms with Crippen LogP contribution in [0.2, 0.25) is 5.02 Å². The minimum absolute atomic E-state index is 0.110. The SMILES string of the molecule is CCCC(N)c1cn(Cc2cccc(F)c2Cl)nn1. The maximum Gasteiger partial charge on any atom is 0.142 e. The van der Waals surface area contributed by atoms with E-state index < -0.39 is 5.82 Å². The number of nitrogens with zero attached hydrogens (tertiary/aromatic N) is 3. The normalized spacial score (nSPS) is 12.6.